The molecule has 1 atom stereocenters. The molecule has 5 heteroatoms. The van der Waals surface area contributed by atoms with Crippen LogP contribution in [0.1, 0.15) is 22.0 Å². The Labute approximate surface area is 101 Å². The van der Waals surface area contributed by atoms with E-state index < -0.39 is 12.0 Å². The first-order valence-corrected chi connectivity index (χ1v) is 5.27. The minimum Gasteiger partial charge on any atom is -0.465 e. The molecule has 0 spiro atoms. The van der Waals surface area contributed by atoms with Crippen molar-refractivity contribution in [2.45, 2.75) is 6.04 Å². The van der Waals surface area contributed by atoms with E-state index in [1.54, 1.807) is 18.2 Å². The molecule has 0 unspecified atom stereocenters. The first kappa shape index (κ1) is 13.5. The molecule has 0 aliphatic heterocycles. The highest BCUT2D eigenvalue weighted by molar-refractivity contribution is 5.90. The normalized spacial score (nSPS) is 12.1. The maximum atomic E-state index is 11.4. The number of aliphatic hydroxyl groups excluding tert-OH is 1. The number of hydrogen-bond acceptors (Lipinski definition) is 5. The van der Waals surface area contributed by atoms with E-state index in [1.807, 2.05) is 19.0 Å². The Bertz CT molecular complexity index is 405. The van der Waals surface area contributed by atoms with E-state index >= 15 is 0 Å². The van der Waals surface area contributed by atoms with E-state index in [1.165, 1.54) is 7.11 Å². The fourth-order valence-corrected chi connectivity index (χ4v) is 1.60. The molecule has 0 aliphatic rings. The predicted molar refractivity (Wildman–Crippen MR) is 66.1 cm³/mol. The summed E-state index contributed by atoms with van der Waals surface area (Å²) in [6.45, 7) is -0.175. The molecule has 3 N–H and O–H groups in total. The Balaban J connectivity index is 3.23. The Kier molecular flexibility index (Phi) is 4.48. The number of carbonyl (C=O) groups is 1. The molecule has 0 heterocycles. The molecule has 0 bridgehead atoms. The zero-order chi connectivity index (χ0) is 13.0. The molecular weight excluding hydrogens is 220 g/mol. The number of esters is 1. The number of carbonyl (C=O) groups excluding carboxylic acids is 1. The highest BCUT2D eigenvalue weighted by Crippen LogP contribution is 2.25. The predicted octanol–water partition coefficient (Wildman–Crippen LogP) is 0.531. The summed E-state index contributed by atoms with van der Waals surface area (Å²) in [6, 6.07) is 4.60. The van der Waals surface area contributed by atoms with Gasteiger partial charge < -0.3 is 20.5 Å². The monoisotopic (exact) mass is 238 g/mol. The van der Waals surface area contributed by atoms with E-state index in [2.05, 4.69) is 4.74 Å². The smallest absolute Gasteiger partial charge is 0.337 e. The molecule has 1 aromatic rings. The number of benzene rings is 1. The van der Waals surface area contributed by atoms with Crippen LogP contribution in [0.2, 0.25) is 0 Å². The van der Waals surface area contributed by atoms with Crippen LogP contribution >= 0.6 is 0 Å². The maximum absolute atomic E-state index is 11.4. The quantitative estimate of drug-likeness (QED) is 0.748. The minimum atomic E-state index is -0.517. The van der Waals surface area contributed by atoms with Crippen LogP contribution in [0.3, 0.4) is 0 Å². The van der Waals surface area contributed by atoms with Gasteiger partial charge in [0, 0.05) is 19.8 Å². The van der Waals surface area contributed by atoms with Crippen molar-refractivity contribution in [3.05, 3.63) is 29.3 Å². The molecule has 17 heavy (non-hydrogen) atoms. The molecule has 0 fully saturated rings. The van der Waals surface area contributed by atoms with Gasteiger partial charge in [0.2, 0.25) is 0 Å². The minimum absolute atomic E-state index is 0.175. The first-order valence-electron chi connectivity index (χ1n) is 5.27. The van der Waals surface area contributed by atoms with Crippen LogP contribution in [-0.2, 0) is 4.74 Å². The topological polar surface area (TPSA) is 75.8 Å². The first-order chi connectivity index (χ1) is 8.01. The molecular formula is C12H18N2O3. The molecule has 94 valence electrons. The van der Waals surface area contributed by atoms with Crippen molar-refractivity contribution in [1.29, 1.82) is 0 Å². The lowest BCUT2D eigenvalue weighted by molar-refractivity contribution is 0.0600. The van der Waals surface area contributed by atoms with Gasteiger partial charge in [0.05, 0.1) is 25.3 Å². The van der Waals surface area contributed by atoms with Crippen molar-refractivity contribution < 1.29 is 14.6 Å². The van der Waals surface area contributed by atoms with E-state index in [-0.39, 0.29) is 6.61 Å². The Morgan fingerprint density at radius 3 is 2.65 bits per heavy atom. The van der Waals surface area contributed by atoms with Gasteiger partial charge in [-0.3, -0.25) is 0 Å². The number of anilines is 1. The molecule has 0 radical (unpaired) electrons. The number of aliphatic hydroxyl groups is 1. The number of nitrogens with zero attached hydrogens (tertiary/aromatic N) is 1. The third kappa shape index (κ3) is 2.95. The molecule has 0 aromatic heterocycles. The van der Waals surface area contributed by atoms with Crippen molar-refractivity contribution in [3.63, 3.8) is 0 Å². The van der Waals surface area contributed by atoms with Gasteiger partial charge in [-0.1, -0.05) is 0 Å². The maximum Gasteiger partial charge on any atom is 0.337 e. The average Bonchev–Trinajstić information content (AvgIpc) is 2.35. The Hall–Kier alpha value is -1.59. The molecule has 0 aliphatic carbocycles. The number of nitrogens with two attached hydrogens (primary N) is 1. The second kappa shape index (κ2) is 5.65. The second-order valence-corrected chi connectivity index (χ2v) is 3.95. The van der Waals surface area contributed by atoms with Crippen LogP contribution in [0.25, 0.3) is 0 Å². The fraction of sp³-hybridized carbons (Fsp3) is 0.417. The van der Waals surface area contributed by atoms with E-state index in [4.69, 9.17) is 10.8 Å². The van der Waals surface area contributed by atoms with Gasteiger partial charge in [0.15, 0.2) is 0 Å². The van der Waals surface area contributed by atoms with E-state index in [9.17, 15) is 4.79 Å². The molecule has 5 nitrogen and oxygen atoms in total. The summed E-state index contributed by atoms with van der Waals surface area (Å²) in [5.41, 5.74) is 7.84. The third-order valence-corrected chi connectivity index (χ3v) is 2.53. The summed E-state index contributed by atoms with van der Waals surface area (Å²) in [7, 11) is 5.08. The van der Waals surface area contributed by atoms with Gasteiger partial charge in [-0.15, -0.1) is 0 Å². The second-order valence-electron chi connectivity index (χ2n) is 3.95. The average molecular weight is 238 g/mol. The lowest BCUT2D eigenvalue weighted by Crippen LogP contribution is -2.20. The fourth-order valence-electron chi connectivity index (χ4n) is 1.60. The van der Waals surface area contributed by atoms with Gasteiger partial charge in [0.1, 0.15) is 0 Å². The van der Waals surface area contributed by atoms with Crippen molar-refractivity contribution in [2.75, 3.05) is 32.7 Å². The van der Waals surface area contributed by atoms with E-state index in [0.29, 0.717) is 5.56 Å². The summed E-state index contributed by atoms with van der Waals surface area (Å²) in [6.07, 6.45) is 0. The zero-order valence-electron chi connectivity index (χ0n) is 10.3. The number of rotatable bonds is 4. The van der Waals surface area contributed by atoms with Crippen molar-refractivity contribution in [2.24, 2.45) is 5.73 Å². The van der Waals surface area contributed by atoms with Crippen LogP contribution < -0.4 is 10.6 Å². The van der Waals surface area contributed by atoms with Crippen LogP contribution in [0.5, 0.6) is 0 Å². The molecule has 1 aromatic carbocycles. The largest absolute Gasteiger partial charge is 0.465 e. The molecule has 0 saturated carbocycles. The summed E-state index contributed by atoms with van der Waals surface area (Å²) in [5, 5.41) is 9.12. The number of hydrogen-bond donors (Lipinski definition) is 2. The van der Waals surface area contributed by atoms with E-state index in [0.717, 1.165) is 11.3 Å². The third-order valence-electron chi connectivity index (χ3n) is 2.53. The van der Waals surface area contributed by atoms with Crippen molar-refractivity contribution in [1.82, 2.24) is 0 Å². The highest BCUT2D eigenvalue weighted by Gasteiger charge is 2.15. The van der Waals surface area contributed by atoms with Crippen LogP contribution in [0.15, 0.2) is 18.2 Å². The summed E-state index contributed by atoms with van der Waals surface area (Å²) >= 11 is 0. The van der Waals surface area contributed by atoms with Crippen molar-refractivity contribution >= 4 is 11.7 Å². The SMILES string of the molecule is COC(=O)c1ccc(N(C)C)c([C@H](N)CO)c1. The highest BCUT2D eigenvalue weighted by atomic mass is 16.5. The van der Waals surface area contributed by atoms with Crippen LogP contribution in [0.4, 0.5) is 5.69 Å². The van der Waals surface area contributed by atoms with Crippen molar-refractivity contribution in [3.8, 4) is 0 Å². The Morgan fingerprint density at radius 2 is 2.18 bits per heavy atom. The summed E-state index contributed by atoms with van der Waals surface area (Å²) in [5.74, 6) is -0.415. The number of ether oxygens (including phenoxy) is 1. The van der Waals surface area contributed by atoms with Crippen LogP contribution in [0, 0.1) is 0 Å². The Morgan fingerprint density at radius 1 is 1.53 bits per heavy atom. The standard InChI is InChI=1S/C12H18N2O3/c1-14(2)11-5-4-8(12(16)17-3)6-9(11)10(13)7-15/h4-6,10,15H,7,13H2,1-3H3/t10-/m1/s1. The van der Waals surface area contributed by atoms with Crippen LogP contribution in [-0.4, -0.2) is 38.9 Å². The lowest BCUT2D eigenvalue weighted by atomic mass is 10.0. The summed E-state index contributed by atoms with van der Waals surface area (Å²) < 4.78 is 4.65. The molecule has 0 amide bonds. The molecule has 0 saturated heterocycles. The summed E-state index contributed by atoms with van der Waals surface area (Å²) in [4.78, 5) is 13.3. The zero-order valence-corrected chi connectivity index (χ0v) is 10.3. The van der Waals surface area contributed by atoms with Gasteiger partial charge in [-0.05, 0) is 23.8 Å². The van der Waals surface area contributed by atoms with Gasteiger partial charge in [-0.25, -0.2) is 4.79 Å². The van der Waals surface area contributed by atoms with Gasteiger partial charge >= 0.3 is 5.97 Å². The van der Waals surface area contributed by atoms with Gasteiger partial charge in [0.25, 0.3) is 0 Å². The van der Waals surface area contributed by atoms with Gasteiger partial charge in [-0.2, -0.15) is 0 Å². The molecule has 1 rings (SSSR count). The lowest BCUT2D eigenvalue weighted by Gasteiger charge is -2.21. The number of methoxy groups -OCH3 is 1.